The Hall–Kier alpha value is -13.3. The van der Waals surface area contributed by atoms with Gasteiger partial charge in [0.05, 0.1) is 47.0 Å². The Labute approximate surface area is 766 Å². The molecule has 0 saturated heterocycles. The van der Waals surface area contributed by atoms with E-state index in [4.69, 9.17) is 20.7 Å². The Kier molecular flexibility index (Phi) is 29.1. The molecule has 0 aliphatic carbocycles. The number of benzene rings is 7. The Bertz CT molecular complexity index is 6520. The molecule has 0 unspecified atom stereocenters. The minimum absolute atomic E-state index is 0.0121. The lowest BCUT2D eigenvalue weighted by Gasteiger charge is -2.27. The molecule has 668 valence electrons. The molecule has 4 amide bonds. The van der Waals surface area contributed by atoms with Crippen LogP contribution < -0.4 is 10.5 Å². The van der Waals surface area contributed by atoms with Gasteiger partial charge in [0.2, 0.25) is 23.6 Å². The van der Waals surface area contributed by atoms with Crippen molar-refractivity contribution in [3.05, 3.63) is 305 Å². The molecule has 0 spiro atoms. The van der Waals surface area contributed by atoms with Crippen LogP contribution in [0.5, 0.6) is 5.75 Å². The highest BCUT2D eigenvalue weighted by atomic mass is 32.1. The van der Waals surface area contributed by atoms with Crippen molar-refractivity contribution in [2.45, 2.75) is 133 Å². The normalized spacial score (nSPS) is 13.8. The number of rotatable bonds is 20. The fraction of sp³-hybridized carbons (Fsp3) is 0.284. The van der Waals surface area contributed by atoms with E-state index in [1.165, 1.54) is 60.9 Å². The number of halogens is 4. The minimum atomic E-state index is -0.247. The molecule has 0 saturated carbocycles. The molecule has 11 heterocycles. The van der Waals surface area contributed by atoms with Gasteiger partial charge in [-0.3, -0.25) is 37.9 Å². The molecule has 0 fully saturated rings. The molecule has 2 N–H and O–H groups in total. The molecule has 4 aliphatic rings. The first-order chi connectivity index (χ1) is 62.8. The lowest BCUT2D eigenvalue weighted by atomic mass is 9.99. The number of methoxy groups -OCH3 is 1. The zero-order valence-electron chi connectivity index (χ0n) is 74.6. The van der Waals surface area contributed by atoms with Gasteiger partial charge in [-0.2, -0.15) is 20.4 Å². The number of nitrogens with two attached hydrogens (primary N) is 1. The number of aryl methyl sites for hydroxylation is 9. The molecule has 0 bridgehead atoms. The number of ether oxygens (including phenoxy) is 1. The Balaban J connectivity index is 0.000000133. The topological polar surface area (TPSA) is 226 Å². The van der Waals surface area contributed by atoms with E-state index in [2.05, 4.69) is 63.3 Å². The monoisotopic (exact) mass is 1800 g/mol. The lowest BCUT2D eigenvalue weighted by molar-refractivity contribution is -0.132. The van der Waals surface area contributed by atoms with Crippen molar-refractivity contribution in [2.24, 2.45) is 0 Å². The third-order valence-electron chi connectivity index (χ3n) is 23.7. The minimum Gasteiger partial charge on any atom is -0.497 e. The van der Waals surface area contributed by atoms with E-state index in [0.717, 1.165) is 145 Å². The molecule has 28 heteroatoms. The highest BCUT2D eigenvalue weighted by Gasteiger charge is 2.29. The molecule has 7 aromatic heterocycles. The van der Waals surface area contributed by atoms with Crippen LogP contribution >= 0.6 is 34.0 Å². The summed E-state index contributed by atoms with van der Waals surface area (Å²) in [5, 5.41) is 21.5. The van der Waals surface area contributed by atoms with Crippen LogP contribution in [0.4, 0.5) is 22.7 Å². The Morgan fingerprint density at radius 3 is 1.18 bits per heavy atom. The van der Waals surface area contributed by atoms with Crippen molar-refractivity contribution in [2.75, 3.05) is 65.2 Å². The van der Waals surface area contributed by atoms with Crippen LogP contribution in [0.1, 0.15) is 108 Å². The second kappa shape index (κ2) is 41.4. The van der Waals surface area contributed by atoms with Gasteiger partial charge in [-0.05, 0) is 245 Å². The van der Waals surface area contributed by atoms with Crippen LogP contribution in [-0.2, 0) is 71.0 Å². The van der Waals surface area contributed by atoms with Gasteiger partial charge in [0.15, 0.2) is 5.13 Å². The van der Waals surface area contributed by atoms with Crippen molar-refractivity contribution in [3.8, 4) is 73.3 Å². The van der Waals surface area contributed by atoms with E-state index in [-0.39, 0.29) is 73.1 Å². The average molecular weight is 1810 g/mol. The summed E-state index contributed by atoms with van der Waals surface area (Å²) in [6, 6.07) is 54.2. The number of nitrogen functional groups attached to an aromatic ring is 1. The smallest absolute Gasteiger partial charge is 0.244 e. The van der Waals surface area contributed by atoms with Gasteiger partial charge >= 0.3 is 0 Å². The lowest BCUT2D eigenvalue weighted by Crippen LogP contribution is -2.37. The molecule has 0 atom stereocenters. The van der Waals surface area contributed by atoms with Crippen LogP contribution in [0.2, 0.25) is 0 Å². The van der Waals surface area contributed by atoms with Gasteiger partial charge in [0.1, 0.15) is 65.2 Å². The molecule has 7 aromatic carbocycles. The zero-order chi connectivity index (χ0) is 91.4. The number of anilines is 1. The first kappa shape index (κ1) is 91.4. The second-order valence-corrected chi connectivity index (χ2v) is 36.4. The van der Waals surface area contributed by atoms with Crippen LogP contribution in [0.15, 0.2) is 207 Å². The van der Waals surface area contributed by atoms with Gasteiger partial charge < -0.3 is 30.1 Å². The summed E-state index contributed by atoms with van der Waals surface area (Å²) in [5.74, 6) is 0.0610. The van der Waals surface area contributed by atoms with Gasteiger partial charge in [0, 0.05) is 126 Å². The van der Waals surface area contributed by atoms with E-state index in [9.17, 15) is 36.7 Å². The molecular weight excluding hydrogens is 1700 g/mol. The molecule has 14 aromatic rings. The van der Waals surface area contributed by atoms with Crippen molar-refractivity contribution >= 4 is 79.5 Å². The molecular formula is C102H104F4N16O5S3. The van der Waals surface area contributed by atoms with Gasteiger partial charge in [-0.25, -0.2) is 32.5 Å². The van der Waals surface area contributed by atoms with Crippen LogP contribution in [-0.4, -0.2) is 157 Å². The fourth-order valence-corrected chi connectivity index (χ4v) is 18.8. The molecule has 130 heavy (non-hydrogen) atoms. The number of carbonyl (C=O) groups is 4. The number of nitrogens with zero attached hydrogens (tertiary/aromatic N) is 15. The third-order valence-corrected chi connectivity index (χ3v) is 26.6. The number of thiazole rings is 3. The quantitative estimate of drug-likeness (QED) is 0.0701. The zero-order valence-corrected chi connectivity index (χ0v) is 77.1. The van der Waals surface area contributed by atoms with Crippen molar-refractivity contribution in [1.82, 2.24) is 73.7 Å². The maximum Gasteiger partial charge on any atom is 0.244 e. The second-order valence-electron chi connectivity index (χ2n) is 32.8. The predicted molar refractivity (Wildman–Crippen MR) is 509 cm³/mol. The third kappa shape index (κ3) is 22.0. The summed E-state index contributed by atoms with van der Waals surface area (Å²) in [4.78, 5) is 76.8. The number of amides is 4. The number of aromatic nitrogens is 11. The molecule has 4 aliphatic heterocycles. The van der Waals surface area contributed by atoms with Crippen molar-refractivity contribution in [1.29, 1.82) is 0 Å². The Morgan fingerprint density at radius 2 is 0.777 bits per heavy atom. The van der Waals surface area contributed by atoms with Crippen molar-refractivity contribution < 1.29 is 41.5 Å². The van der Waals surface area contributed by atoms with Gasteiger partial charge in [0.25, 0.3) is 0 Å². The average Bonchev–Trinajstić information content (AvgIpc) is 1.66. The number of hydrogen-bond donors (Lipinski definition) is 1. The first-order valence-corrected chi connectivity index (χ1v) is 46.1. The molecule has 21 nitrogen and oxygen atoms in total. The van der Waals surface area contributed by atoms with Gasteiger partial charge in [-0.1, -0.05) is 105 Å². The summed E-state index contributed by atoms with van der Waals surface area (Å²) in [6.07, 6.45) is 15.6. The highest BCUT2D eigenvalue weighted by molar-refractivity contribution is 7.15. The predicted octanol–water partition coefficient (Wildman–Crippen LogP) is 19.9. The van der Waals surface area contributed by atoms with E-state index in [1.807, 2.05) is 161 Å². The van der Waals surface area contributed by atoms with Crippen molar-refractivity contribution in [3.63, 3.8) is 0 Å². The SMILES string of the molecule is CCc1cc(-c2cc(C)c(F)c(C)c2)nn1CC(=O)N1CCc2nc(N)sc2CC1.CCc1cc(-c2ccc(F)c(C)c2)nn1CC(=O)N1CC=C(c2ncc(C)s2)CC1.COc1cccc(C2=CCN(C(=O)Cn3nc(-c4ccc(F)c(C)c4)cc3-c3ccccc3)CC2)c1.Cc1cnc(C2=CCN(C(=O)Cn3nc(-c4ccc(F)c(C)c4)cc3-c3ccccc3)CC2)s1. The maximum atomic E-state index is 14.0. The number of hydrogen-bond acceptors (Lipinski definition) is 16. The van der Waals surface area contributed by atoms with E-state index < -0.39 is 0 Å². The van der Waals surface area contributed by atoms with E-state index in [1.54, 1.807) is 120 Å². The summed E-state index contributed by atoms with van der Waals surface area (Å²) >= 11 is 4.90. The number of carbonyl (C=O) groups excluding carboxylic acids is 4. The Morgan fingerprint density at radius 1 is 0.392 bits per heavy atom. The summed E-state index contributed by atoms with van der Waals surface area (Å²) < 4.78 is 67.6. The summed E-state index contributed by atoms with van der Waals surface area (Å²) in [5.41, 5.74) is 26.5. The standard InChI is InChI=1S/C30H28FN3O2.C27H25FN4OS.C23H25FN4OS.C22H26FN5OS/c1-21-17-25(11-12-27(21)31)28-19-29(23-7-4-3-5-8-23)34(32-28)20-30(35)33-15-13-22(14-16-33)24-9-6-10-26(18-24)36-2;1-18-14-22(8-9-23(18)28)24-15-25(20-6-4-3-5-7-20)32(30-24)17-26(33)31-12-10-21(11-13-31)27-29-16-19(2)34-27;1-4-19-12-21(18-5-6-20(24)15(2)11-18)26-28(19)14-22(29)27-9-7-17(8-10-27)23-25-13-16(3)30-23;1-4-16-11-18(15-9-13(2)21(23)14(3)10-15)26-28(16)12-20(29)27-7-5-17-19(6-8-27)30-22(24)25-17/h3-13,17-19H,14-16,20H2,1-2H3;3-10,14-16H,11-13,17H2,1-2H3;5-7,11-13H,4,8-10,14H2,1-3H3;9-11H,4-8,12H2,1-3H3,(H2,24,25). The number of fused-ring (bicyclic) bond motifs is 1. The van der Waals surface area contributed by atoms with Gasteiger partial charge in [-0.15, -0.1) is 34.0 Å². The van der Waals surface area contributed by atoms with E-state index >= 15 is 0 Å². The summed E-state index contributed by atoms with van der Waals surface area (Å²) in [6.45, 7) is 22.6. The molecule has 18 rings (SSSR count). The highest BCUT2D eigenvalue weighted by Crippen LogP contribution is 2.36. The largest absolute Gasteiger partial charge is 0.497 e. The maximum absolute atomic E-state index is 14.0. The fourth-order valence-electron chi connectivity index (χ4n) is 16.3. The molecule has 0 radical (unpaired) electrons. The van der Waals surface area contributed by atoms with E-state index in [0.29, 0.717) is 91.0 Å². The van der Waals surface area contributed by atoms with Crippen LogP contribution in [0, 0.1) is 71.7 Å². The van der Waals surface area contributed by atoms with Crippen LogP contribution in [0.25, 0.3) is 84.3 Å². The summed E-state index contributed by atoms with van der Waals surface area (Å²) in [7, 11) is 1.66. The van der Waals surface area contributed by atoms with Crippen LogP contribution in [0.3, 0.4) is 0 Å². The first-order valence-electron chi connectivity index (χ1n) is 43.7.